The fraction of sp³-hybridized carbons (Fsp3) is 0.0435. The van der Waals surface area contributed by atoms with E-state index in [1.54, 1.807) is 0 Å². The molecule has 0 radical (unpaired) electrons. The molecule has 0 atom stereocenters. The van der Waals surface area contributed by atoms with Gasteiger partial charge in [-0.1, -0.05) is 53.9 Å². The summed E-state index contributed by atoms with van der Waals surface area (Å²) < 4.78 is 0. The van der Waals surface area contributed by atoms with Crippen molar-refractivity contribution in [3.63, 3.8) is 0 Å². The van der Waals surface area contributed by atoms with Crippen molar-refractivity contribution in [2.75, 3.05) is 0 Å². The largest absolute Gasteiger partial charge is 0.115 e. The first-order valence-electron chi connectivity index (χ1n) is 7.39. The third-order valence-corrected chi connectivity index (χ3v) is 3.42. The molecule has 0 fully saturated rings. The van der Waals surface area contributed by atoms with Gasteiger partial charge in [-0.3, -0.25) is 0 Å². The molecule has 0 N–H and O–H groups in total. The molecule has 0 amide bonds. The summed E-state index contributed by atoms with van der Waals surface area (Å²) in [5.74, 6) is 15.5. The van der Waals surface area contributed by atoms with Gasteiger partial charge in [-0.2, -0.15) is 0 Å². The normalized spacial score (nSPS) is 12.0. The highest BCUT2D eigenvalue weighted by atomic mass is 14.0. The third-order valence-electron chi connectivity index (χ3n) is 3.42. The number of rotatable bonds is 0. The van der Waals surface area contributed by atoms with Crippen LogP contribution in [0.1, 0.15) is 22.3 Å². The molecule has 106 valence electrons. The Balaban J connectivity index is 1.70. The maximum absolute atomic E-state index is 5.34. The molecule has 0 spiro atoms. The van der Waals surface area contributed by atoms with E-state index >= 15 is 0 Å². The van der Waals surface area contributed by atoms with E-state index in [-0.39, 0.29) is 5.92 Å². The Morgan fingerprint density at radius 3 is 1.52 bits per heavy atom. The van der Waals surface area contributed by atoms with Crippen molar-refractivity contribution in [1.82, 2.24) is 0 Å². The Morgan fingerprint density at radius 1 is 0.609 bits per heavy atom. The SMILES string of the molecule is C#Cc1ccc(C#Cc2ccc(C#CC3C=CC=C3)cc2)cc1. The van der Waals surface area contributed by atoms with Crippen LogP contribution in [0.25, 0.3) is 0 Å². The summed E-state index contributed by atoms with van der Waals surface area (Å²) in [7, 11) is 0. The first-order valence-corrected chi connectivity index (χ1v) is 7.39. The van der Waals surface area contributed by atoms with E-state index in [0.29, 0.717) is 0 Å². The lowest BCUT2D eigenvalue weighted by molar-refractivity contribution is 1.15. The predicted octanol–water partition coefficient (Wildman–Crippen LogP) is 4.16. The van der Waals surface area contributed by atoms with Gasteiger partial charge in [-0.25, -0.2) is 0 Å². The molecule has 0 heteroatoms. The van der Waals surface area contributed by atoms with Crippen LogP contribution in [0.3, 0.4) is 0 Å². The molecule has 0 unspecified atom stereocenters. The van der Waals surface area contributed by atoms with Crippen LogP contribution in [-0.4, -0.2) is 0 Å². The molecule has 0 saturated heterocycles. The average molecular weight is 290 g/mol. The van der Waals surface area contributed by atoms with Crippen LogP contribution in [0.15, 0.2) is 72.8 Å². The van der Waals surface area contributed by atoms with Crippen LogP contribution in [0.2, 0.25) is 0 Å². The molecule has 0 bridgehead atoms. The fourth-order valence-electron chi connectivity index (χ4n) is 2.13. The predicted molar refractivity (Wildman–Crippen MR) is 95.4 cm³/mol. The fourth-order valence-corrected chi connectivity index (χ4v) is 2.13. The van der Waals surface area contributed by atoms with Crippen molar-refractivity contribution in [2.45, 2.75) is 0 Å². The van der Waals surface area contributed by atoms with Gasteiger partial charge >= 0.3 is 0 Å². The van der Waals surface area contributed by atoms with E-state index in [1.165, 1.54) is 0 Å². The standard InChI is InChI=1S/C23H14/c1-2-19-7-9-21(10-8-19)13-14-23-17-15-22(16-18-23)12-11-20-5-3-4-6-20/h1,3-10,15-18,20H. The Hall–Kier alpha value is -3.40. The van der Waals surface area contributed by atoms with E-state index < -0.39 is 0 Å². The molecule has 3 rings (SSSR count). The van der Waals surface area contributed by atoms with E-state index in [9.17, 15) is 0 Å². The minimum atomic E-state index is 0.237. The van der Waals surface area contributed by atoms with Gasteiger partial charge < -0.3 is 0 Å². The zero-order valence-corrected chi connectivity index (χ0v) is 12.6. The summed E-state index contributed by atoms with van der Waals surface area (Å²) in [6.07, 6.45) is 13.5. The first kappa shape index (κ1) is 14.5. The van der Waals surface area contributed by atoms with Crippen LogP contribution in [0.5, 0.6) is 0 Å². The second-order valence-electron chi connectivity index (χ2n) is 5.11. The topological polar surface area (TPSA) is 0 Å². The Kier molecular flexibility index (Phi) is 4.45. The van der Waals surface area contributed by atoms with E-state index in [1.807, 2.05) is 60.7 Å². The summed E-state index contributed by atoms with van der Waals surface area (Å²) in [6, 6.07) is 15.7. The summed E-state index contributed by atoms with van der Waals surface area (Å²) in [4.78, 5) is 0. The lowest BCUT2D eigenvalue weighted by atomic mass is 10.1. The molecule has 23 heavy (non-hydrogen) atoms. The molecule has 2 aromatic carbocycles. The minimum absolute atomic E-state index is 0.237. The Labute approximate surface area is 137 Å². The molecule has 1 aliphatic carbocycles. The number of allylic oxidation sites excluding steroid dienone is 4. The smallest absolute Gasteiger partial charge is 0.0573 e. The summed E-state index contributed by atoms with van der Waals surface area (Å²) in [5.41, 5.74) is 3.79. The van der Waals surface area contributed by atoms with Gasteiger partial charge in [0.25, 0.3) is 0 Å². The highest BCUT2D eigenvalue weighted by molar-refractivity contribution is 5.47. The second kappa shape index (κ2) is 7.04. The molecule has 0 aliphatic heterocycles. The van der Waals surface area contributed by atoms with E-state index in [4.69, 9.17) is 6.42 Å². The quantitative estimate of drug-likeness (QED) is 0.639. The minimum Gasteiger partial charge on any atom is -0.115 e. The third kappa shape index (κ3) is 4.04. The summed E-state index contributed by atoms with van der Waals surface area (Å²) in [5, 5.41) is 0. The maximum Gasteiger partial charge on any atom is 0.0573 e. The molecule has 1 aliphatic rings. The number of benzene rings is 2. The monoisotopic (exact) mass is 290 g/mol. The van der Waals surface area contributed by atoms with Gasteiger partial charge in [0.1, 0.15) is 0 Å². The highest BCUT2D eigenvalue weighted by Crippen LogP contribution is 2.08. The first-order chi connectivity index (χ1) is 11.3. The van der Waals surface area contributed by atoms with Crippen molar-refractivity contribution in [3.8, 4) is 36.0 Å². The highest BCUT2D eigenvalue weighted by Gasteiger charge is 1.97. The summed E-state index contributed by atoms with van der Waals surface area (Å²) >= 11 is 0. The van der Waals surface area contributed by atoms with Gasteiger partial charge in [-0.05, 0) is 48.5 Å². The lowest BCUT2D eigenvalue weighted by Gasteiger charge is -1.94. The molecular weight excluding hydrogens is 276 g/mol. The van der Waals surface area contributed by atoms with Crippen LogP contribution in [0.4, 0.5) is 0 Å². The molecule has 0 aromatic heterocycles. The van der Waals surface area contributed by atoms with Crippen LogP contribution >= 0.6 is 0 Å². The van der Waals surface area contributed by atoms with Crippen molar-refractivity contribution < 1.29 is 0 Å². The molecule has 0 nitrogen and oxygen atoms in total. The van der Waals surface area contributed by atoms with Gasteiger partial charge in [0.2, 0.25) is 0 Å². The van der Waals surface area contributed by atoms with E-state index in [0.717, 1.165) is 22.3 Å². The Morgan fingerprint density at radius 2 is 1.04 bits per heavy atom. The number of terminal acetylenes is 1. The molecule has 0 heterocycles. The van der Waals surface area contributed by atoms with E-state index in [2.05, 4.69) is 41.8 Å². The Bertz CT molecular complexity index is 894. The lowest BCUT2D eigenvalue weighted by Crippen LogP contribution is -1.83. The van der Waals surface area contributed by atoms with Gasteiger partial charge in [-0.15, -0.1) is 6.42 Å². The average Bonchev–Trinajstić information content (AvgIpc) is 3.13. The molecule has 0 saturated carbocycles. The van der Waals surface area contributed by atoms with Crippen LogP contribution < -0.4 is 0 Å². The number of hydrogen-bond acceptors (Lipinski definition) is 0. The van der Waals surface area contributed by atoms with Crippen molar-refractivity contribution in [3.05, 3.63) is 95.1 Å². The van der Waals surface area contributed by atoms with Gasteiger partial charge in [0.05, 0.1) is 5.92 Å². The van der Waals surface area contributed by atoms with Crippen molar-refractivity contribution >= 4 is 0 Å². The van der Waals surface area contributed by atoms with Crippen LogP contribution in [0, 0.1) is 41.9 Å². The zero-order valence-electron chi connectivity index (χ0n) is 12.6. The van der Waals surface area contributed by atoms with Crippen molar-refractivity contribution in [2.24, 2.45) is 5.92 Å². The number of hydrogen-bond donors (Lipinski definition) is 0. The molecule has 2 aromatic rings. The second-order valence-corrected chi connectivity index (χ2v) is 5.11. The van der Waals surface area contributed by atoms with Gasteiger partial charge in [0, 0.05) is 22.3 Å². The maximum atomic E-state index is 5.34. The zero-order chi connectivity index (χ0) is 15.9. The van der Waals surface area contributed by atoms with Crippen molar-refractivity contribution in [1.29, 1.82) is 0 Å². The van der Waals surface area contributed by atoms with Crippen LogP contribution in [-0.2, 0) is 0 Å². The molecular formula is C23H14. The van der Waals surface area contributed by atoms with Gasteiger partial charge in [0.15, 0.2) is 0 Å². The summed E-state index contributed by atoms with van der Waals surface area (Å²) in [6.45, 7) is 0.